The molecule has 1 aromatic heterocycles. The smallest absolute Gasteiger partial charge is 0.251 e. The van der Waals surface area contributed by atoms with Crippen molar-refractivity contribution in [1.29, 1.82) is 0 Å². The number of carbonyl (C=O) groups is 2. The molecule has 2 atom stereocenters. The van der Waals surface area contributed by atoms with Gasteiger partial charge in [0.15, 0.2) is 5.78 Å². The van der Waals surface area contributed by atoms with E-state index in [1.807, 2.05) is 5.38 Å². The van der Waals surface area contributed by atoms with Gasteiger partial charge in [-0.25, -0.2) is 4.98 Å². The Morgan fingerprint density at radius 3 is 3.00 bits per heavy atom. The van der Waals surface area contributed by atoms with E-state index in [9.17, 15) is 9.59 Å². The number of ketones is 1. The molecule has 1 aliphatic heterocycles. The van der Waals surface area contributed by atoms with Crippen LogP contribution in [-0.2, 0) is 16.1 Å². The first-order valence-electron chi connectivity index (χ1n) is 8.12. The Bertz CT molecular complexity index is 732. The summed E-state index contributed by atoms with van der Waals surface area (Å²) >= 11 is 1.52. The molecule has 0 spiro atoms. The quantitative estimate of drug-likeness (QED) is 0.801. The predicted octanol–water partition coefficient (Wildman–Crippen LogP) is 2.45. The number of ether oxygens (including phenoxy) is 2. The van der Waals surface area contributed by atoms with Gasteiger partial charge < -0.3 is 14.8 Å². The van der Waals surface area contributed by atoms with Crippen molar-refractivity contribution in [1.82, 2.24) is 10.3 Å². The maximum Gasteiger partial charge on any atom is 0.251 e. The summed E-state index contributed by atoms with van der Waals surface area (Å²) in [6.45, 7) is 2.89. The fourth-order valence-electron chi connectivity index (χ4n) is 2.67. The zero-order chi connectivity index (χ0) is 17.6. The summed E-state index contributed by atoms with van der Waals surface area (Å²) in [5.41, 5.74) is 3.63. The van der Waals surface area contributed by atoms with E-state index >= 15 is 0 Å². The molecule has 1 N–H and O–H groups in total. The minimum atomic E-state index is -0.226. The summed E-state index contributed by atoms with van der Waals surface area (Å²) in [5.74, 6) is -0.276. The topological polar surface area (TPSA) is 77.5 Å². The Kier molecular flexibility index (Phi) is 5.91. The van der Waals surface area contributed by atoms with Crippen LogP contribution < -0.4 is 5.32 Å². The van der Waals surface area contributed by atoms with E-state index in [0.717, 1.165) is 5.69 Å². The third-order valence-corrected chi connectivity index (χ3v) is 4.72. The second-order valence-corrected chi connectivity index (χ2v) is 6.63. The highest BCUT2D eigenvalue weighted by molar-refractivity contribution is 7.07. The molecule has 1 aliphatic rings. The van der Waals surface area contributed by atoms with Crippen molar-refractivity contribution in [3.8, 4) is 0 Å². The molecule has 1 fully saturated rings. The predicted molar refractivity (Wildman–Crippen MR) is 93.8 cm³/mol. The van der Waals surface area contributed by atoms with Crippen molar-refractivity contribution in [3.05, 3.63) is 52.0 Å². The minimum absolute atomic E-state index is 0.0646. The summed E-state index contributed by atoms with van der Waals surface area (Å²) in [5, 5.41) is 4.94. The molecule has 6 nitrogen and oxygen atoms in total. The maximum atomic E-state index is 12.5. The van der Waals surface area contributed by atoms with Crippen molar-refractivity contribution in [2.45, 2.75) is 32.1 Å². The lowest BCUT2D eigenvalue weighted by Crippen LogP contribution is -2.50. The Labute approximate surface area is 150 Å². The van der Waals surface area contributed by atoms with E-state index in [0.29, 0.717) is 37.4 Å². The summed E-state index contributed by atoms with van der Waals surface area (Å²) in [6.07, 6.45) is 0.454. The molecular weight excluding hydrogens is 340 g/mol. The first kappa shape index (κ1) is 17.7. The molecule has 1 aromatic carbocycles. The number of benzene rings is 1. The maximum absolute atomic E-state index is 12.5. The fraction of sp³-hybridized carbons (Fsp3) is 0.389. The van der Waals surface area contributed by atoms with Crippen molar-refractivity contribution in [3.63, 3.8) is 0 Å². The molecule has 1 amide bonds. The molecule has 0 aliphatic carbocycles. The number of amides is 1. The molecule has 0 saturated carbocycles. The molecular formula is C18H20N2O4S. The summed E-state index contributed by atoms with van der Waals surface area (Å²) in [4.78, 5) is 28.2. The lowest BCUT2D eigenvalue weighted by Gasteiger charge is -2.32. The van der Waals surface area contributed by atoms with Crippen LogP contribution in [0.1, 0.15) is 39.8 Å². The van der Waals surface area contributed by atoms with Crippen LogP contribution in [0.2, 0.25) is 0 Å². The largest absolute Gasteiger partial charge is 0.379 e. The minimum Gasteiger partial charge on any atom is -0.379 e. The van der Waals surface area contributed by atoms with E-state index < -0.39 is 0 Å². The van der Waals surface area contributed by atoms with Crippen molar-refractivity contribution < 1.29 is 19.1 Å². The number of hydrogen-bond donors (Lipinski definition) is 1. The van der Waals surface area contributed by atoms with Gasteiger partial charge in [0.1, 0.15) is 6.10 Å². The van der Waals surface area contributed by atoms with E-state index in [4.69, 9.17) is 9.47 Å². The van der Waals surface area contributed by atoms with Crippen LogP contribution >= 0.6 is 11.3 Å². The first-order valence-corrected chi connectivity index (χ1v) is 9.06. The summed E-state index contributed by atoms with van der Waals surface area (Å²) < 4.78 is 11.4. The first-order chi connectivity index (χ1) is 12.1. The molecule has 25 heavy (non-hydrogen) atoms. The Hall–Kier alpha value is -2.09. The number of aromatic nitrogens is 1. The lowest BCUT2D eigenvalue weighted by molar-refractivity contribution is -0.0742. The average molecular weight is 360 g/mol. The van der Waals surface area contributed by atoms with Crippen molar-refractivity contribution >= 4 is 23.0 Å². The van der Waals surface area contributed by atoms with Gasteiger partial charge in [-0.15, -0.1) is 11.3 Å². The van der Waals surface area contributed by atoms with Crippen LogP contribution in [0.5, 0.6) is 0 Å². The number of Topliss-reactive ketones (excluding diaryl/α,β-unsaturated/α-hetero) is 1. The van der Waals surface area contributed by atoms with Crippen molar-refractivity contribution in [2.75, 3.05) is 13.2 Å². The normalized spacial score (nSPS) is 20.2. The van der Waals surface area contributed by atoms with E-state index in [2.05, 4.69) is 10.3 Å². The molecule has 7 heteroatoms. The molecule has 0 unspecified atom stereocenters. The number of rotatable bonds is 6. The second-order valence-electron chi connectivity index (χ2n) is 5.91. The third-order valence-electron chi connectivity index (χ3n) is 4.08. The van der Waals surface area contributed by atoms with Crippen LogP contribution in [-0.4, -0.2) is 42.0 Å². The van der Waals surface area contributed by atoms with Crippen LogP contribution in [0.15, 0.2) is 35.2 Å². The molecule has 2 heterocycles. The Morgan fingerprint density at radius 1 is 1.40 bits per heavy atom. The van der Waals surface area contributed by atoms with Gasteiger partial charge in [0.05, 0.1) is 30.5 Å². The summed E-state index contributed by atoms with van der Waals surface area (Å²) in [7, 11) is 0. The van der Waals surface area contributed by atoms with Crippen LogP contribution in [0, 0.1) is 0 Å². The Balaban J connectivity index is 1.63. The molecule has 1 saturated heterocycles. The third kappa shape index (κ3) is 4.72. The Morgan fingerprint density at radius 2 is 2.24 bits per heavy atom. The highest BCUT2D eigenvalue weighted by Gasteiger charge is 2.28. The average Bonchev–Trinajstić information content (AvgIpc) is 3.14. The molecule has 3 rings (SSSR count). The van der Waals surface area contributed by atoms with E-state index in [-0.39, 0.29) is 23.8 Å². The highest BCUT2D eigenvalue weighted by atomic mass is 32.1. The fourth-order valence-corrected chi connectivity index (χ4v) is 3.22. The van der Waals surface area contributed by atoms with Crippen LogP contribution in [0.3, 0.4) is 0 Å². The number of hydrogen-bond acceptors (Lipinski definition) is 6. The zero-order valence-electron chi connectivity index (χ0n) is 13.9. The molecule has 0 radical (unpaired) electrons. The van der Waals surface area contributed by atoms with Crippen LogP contribution in [0.25, 0.3) is 0 Å². The SMILES string of the molecule is CC(=O)c1cccc(C(=O)N[C@@H]2CCOC[C@H]2OCc2cscn2)c1. The van der Waals surface area contributed by atoms with Gasteiger partial charge >= 0.3 is 0 Å². The number of carbonyl (C=O) groups excluding carboxylic acids is 2. The van der Waals surface area contributed by atoms with Gasteiger partial charge in [0.2, 0.25) is 0 Å². The second kappa shape index (κ2) is 8.33. The lowest BCUT2D eigenvalue weighted by atomic mass is 10.0. The van der Waals surface area contributed by atoms with Gasteiger partial charge in [-0.3, -0.25) is 9.59 Å². The zero-order valence-corrected chi connectivity index (χ0v) is 14.8. The van der Waals surface area contributed by atoms with Gasteiger partial charge in [-0.05, 0) is 25.5 Å². The molecule has 2 aromatic rings. The molecule has 132 valence electrons. The number of nitrogens with one attached hydrogen (secondary N) is 1. The summed E-state index contributed by atoms with van der Waals surface area (Å²) in [6, 6.07) is 6.59. The van der Waals surface area contributed by atoms with Gasteiger partial charge in [-0.1, -0.05) is 12.1 Å². The monoisotopic (exact) mass is 360 g/mol. The van der Waals surface area contributed by atoms with E-state index in [1.165, 1.54) is 18.3 Å². The highest BCUT2D eigenvalue weighted by Crippen LogP contribution is 2.15. The number of thiazole rings is 1. The van der Waals surface area contributed by atoms with Gasteiger partial charge in [0, 0.05) is 23.1 Å². The van der Waals surface area contributed by atoms with E-state index in [1.54, 1.807) is 29.8 Å². The van der Waals surface area contributed by atoms with Crippen LogP contribution in [0.4, 0.5) is 0 Å². The number of nitrogens with zero attached hydrogens (tertiary/aromatic N) is 1. The molecule has 0 bridgehead atoms. The van der Waals surface area contributed by atoms with Gasteiger partial charge in [0.25, 0.3) is 5.91 Å². The van der Waals surface area contributed by atoms with Gasteiger partial charge in [-0.2, -0.15) is 0 Å². The standard InChI is InChI=1S/C18H20N2O4S/c1-12(21)13-3-2-4-14(7-13)18(22)20-16-5-6-23-9-17(16)24-8-15-10-25-11-19-15/h2-4,7,10-11,16-17H,5-6,8-9H2,1H3,(H,20,22)/t16-,17-/m1/s1. The van der Waals surface area contributed by atoms with Crippen molar-refractivity contribution in [2.24, 2.45) is 0 Å².